The van der Waals surface area contributed by atoms with E-state index in [4.69, 9.17) is 11.6 Å². The van der Waals surface area contributed by atoms with Crippen LogP contribution >= 0.6 is 11.6 Å². The van der Waals surface area contributed by atoms with E-state index < -0.39 is 42.5 Å². The number of carbonyl (C=O) groups excluding carboxylic acids is 1. The zero-order chi connectivity index (χ0) is 22.3. The van der Waals surface area contributed by atoms with Crippen molar-refractivity contribution in [1.82, 2.24) is 20.3 Å². The Morgan fingerprint density at radius 3 is 2.87 bits per heavy atom. The molecule has 1 amide bonds. The van der Waals surface area contributed by atoms with Gasteiger partial charge in [-0.05, 0) is 6.07 Å². The van der Waals surface area contributed by atoms with Crippen molar-refractivity contribution >= 4 is 29.1 Å². The highest BCUT2D eigenvalue weighted by Crippen LogP contribution is 2.36. The van der Waals surface area contributed by atoms with Gasteiger partial charge in [0.15, 0.2) is 11.6 Å². The summed E-state index contributed by atoms with van der Waals surface area (Å²) >= 11 is 6.02. The standard InChI is InChI=1S/C18H17ClF4N6O2/c19-8-1-10-11(4-25-14(10)24-3-8)15-26-5-12(20)16(28-15)29-6-9(30)2-13(29)17(31)27-7-18(21,22)23/h1,3,5,9,11,13,30H,2,4,6-7H2,(H,24,25)(H,27,31)/t9-,11?,13-/m0/s1. The monoisotopic (exact) mass is 460 g/mol. The van der Waals surface area contributed by atoms with Crippen LogP contribution in [0.4, 0.5) is 29.2 Å². The number of anilines is 2. The molecule has 3 atom stereocenters. The van der Waals surface area contributed by atoms with Gasteiger partial charge in [-0.2, -0.15) is 13.2 Å². The van der Waals surface area contributed by atoms with Crippen LogP contribution in [0.3, 0.4) is 0 Å². The number of nitrogens with one attached hydrogen (secondary N) is 2. The minimum absolute atomic E-state index is 0.157. The molecule has 2 aromatic heterocycles. The molecule has 2 aliphatic heterocycles. The molecule has 1 unspecified atom stereocenters. The first-order valence-corrected chi connectivity index (χ1v) is 9.71. The number of β-amino-alcohol motifs (C(OH)–C–C–N with tert-alkyl or cyclic N) is 1. The second-order valence-electron chi connectivity index (χ2n) is 7.32. The zero-order valence-electron chi connectivity index (χ0n) is 15.8. The molecule has 1 fully saturated rings. The highest BCUT2D eigenvalue weighted by molar-refractivity contribution is 6.30. The Kier molecular flexibility index (Phi) is 5.60. The Morgan fingerprint density at radius 2 is 2.13 bits per heavy atom. The van der Waals surface area contributed by atoms with Crippen LogP contribution in [0.5, 0.6) is 0 Å². The Hall–Kier alpha value is -2.73. The number of alkyl halides is 3. The molecule has 0 aliphatic carbocycles. The van der Waals surface area contributed by atoms with E-state index in [0.29, 0.717) is 22.9 Å². The van der Waals surface area contributed by atoms with Crippen LogP contribution in [0.2, 0.25) is 5.02 Å². The number of hydrogen-bond acceptors (Lipinski definition) is 7. The van der Waals surface area contributed by atoms with Crippen LogP contribution in [0.1, 0.15) is 23.7 Å². The van der Waals surface area contributed by atoms with Crippen molar-refractivity contribution in [3.05, 3.63) is 40.7 Å². The molecule has 0 radical (unpaired) electrons. The summed E-state index contributed by atoms with van der Waals surface area (Å²) in [4.78, 5) is 26.0. The number of pyridine rings is 1. The van der Waals surface area contributed by atoms with Crippen molar-refractivity contribution in [3.8, 4) is 0 Å². The molecule has 2 aromatic rings. The second kappa shape index (κ2) is 8.08. The number of aliphatic hydroxyl groups excluding tert-OH is 1. The van der Waals surface area contributed by atoms with Crippen molar-refractivity contribution in [2.24, 2.45) is 0 Å². The summed E-state index contributed by atoms with van der Waals surface area (Å²) in [7, 11) is 0. The van der Waals surface area contributed by atoms with Crippen LogP contribution in [0.15, 0.2) is 18.5 Å². The van der Waals surface area contributed by atoms with Gasteiger partial charge in [0.05, 0.1) is 23.2 Å². The van der Waals surface area contributed by atoms with Crippen molar-refractivity contribution in [3.63, 3.8) is 0 Å². The summed E-state index contributed by atoms with van der Waals surface area (Å²) in [6, 6.07) is 0.480. The largest absolute Gasteiger partial charge is 0.405 e. The Morgan fingerprint density at radius 1 is 1.35 bits per heavy atom. The van der Waals surface area contributed by atoms with E-state index in [2.05, 4.69) is 20.3 Å². The molecule has 13 heteroatoms. The highest BCUT2D eigenvalue weighted by atomic mass is 35.5. The Balaban J connectivity index is 1.62. The lowest BCUT2D eigenvalue weighted by atomic mass is 10.0. The van der Waals surface area contributed by atoms with Gasteiger partial charge in [-0.1, -0.05) is 11.6 Å². The molecular formula is C18H17ClF4N6O2. The predicted molar refractivity (Wildman–Crippen MR) is 102 cm³/mol. The average molecular weight is 461 g/mol. The zero-order valence-corrected chi connectivity index (χ0v) is 16.6. The third-order valence-corrected chi connectivity index (χ3v) is 5.31. The van der Waals surface area contributed by atoms with Crippen LogP contribution < -0.4 is 15.5 Å². The summed E-state index contributed by atoms with van der Waals surface area (Å²) in [5.41, 5.74) is 0.714. The molecule has 0 spiro atoms. The molecule has 166 valence electrons. The van der Waals surface area contributed by atoms with Gasteiger partial charge in [-0.25, -0.2) is 19.3 Å². The van der Waals surface area contributed by atoms with Gasteiger partial charge in [0.1, 0.15) is 24.2 Å². The fourth-order valence-corrected chi connectivity index (χ4v) is 3.92. The molecule has 8 nitrogen and oxygen atoms in total. The lowest BCUT2D eigenvalue weighted by Crippen LogP contribution is -2.46. The van der Waals surface area contributed by atoms with E-state index in [1.54, 1.807) is 11.4 Å². The molecular weight excluding hydrogens is 444 g/mol. The average Bonchev–Trinajstić information content (AvgIpc) is 3.29. The van der Waals surface area contributed by atoms with Crippen molar-refractivity contribution < 1.29 is 27.5 Å². The number of fused-ring (bicyclic) bond motifs is 1. The predicted octanol–water partition coefficient (Wildman–Crippen LogP) is 1.84. The fraction of sp³-hybridized carbons (Fsp3) is 0.444. The lowest BCUT2D eigenvalue weighted by molar-refractivity contribution is -0.139. The smallest absolute Gasteiger partial charge is 0.391 e. The van der Waals surface area contributed by atoms with Gasteiger partial charge in [-0.15, -0.1) is 0 Å². The summed E-state index contributed by atoms with van der Waals surface area (Å²) in [5, 5.41) is 15.3. The number of hydrogen-bond donors (Lipinski definition) is 3. The first-order valence-electron chi connectivity index (χ1n) is 9.33. The van der Waals surface area contributed by atoms with E-state index in [1.807, 2.05) is 0 Å². The number of nitrogens with zero attached hydrogens (tertiary/aromatic N) is 4. The third-order valence-electron chi connectivity index (χ3n) is 5.11. The number of aromatic nitrogens is 3. The summed E-state index contributed by atoms with van der Waals surface area (Å²) in [6.07, 6.45) is -3.37. The minimum atomic E-state index is -4.59. The third kappa shape index (κ3) is 4.49. The molecule has 2 aliphatic rings. The van der Waals surface area contributed by atoms with E-state index in [1.165, 1.54) is 6.20 Å². The highest BCUT2D eigenvalue weighted by Gasteiger charge is 2.40. The van der Waals surface area contributed by atoms with Crippen molar-refractivity contribution in [2.75, 3.05) is 29.9 Å². The first-order chi connectivity index (χ1) is 14.6. The van der Waals surface area contributed by atoms with Crippen LogP contribution in [0.25, 0.3) is 0 Å². The fourth-order valence-electron chi connectivity index (χ4n) is 3.75. The molecule has 3 N–H and O–H groups in total. The van der Waals surface area contributed by atoms with Gasteiger partial charge in [-0.3, -0.25) is 4.79 Å². The maximum atomic E-state index is 14.6. The van der Waals surface area contributed by atoms with E-state index in [0.717, 1.165) is 11.1 Å². The SMILES string of the molecule is O=C(NCC(F)(F)F)[C@@H]1C[C@H](O)CN1c1nc(C2CNc3ncc(Cl)cc32)ncc1F. The van der Waals surface area contributed by atoms with Gasteiger partial charge >= 0.3 is 6.18 Å². The number of halogens is 5. The number of aliphatic hydroxyl groups is 1. The number of rotatable bonds is 4. The molecule has 4 heterocycles. The maximum absolute atomic E-state index is 14.6. The van der Waals surface area contributed by atoms with E-state index >= 15 is 0 Å². The summed E-state index contributed by atoms with van der Waals surface area (Å²) < 4.78 is 52.0. The van der Waals surface area contributed by atoms with Crippen LogP contribution in [-0.2, 0) is 4.79 Å². The second-order valence-corrected chi connectivity index (χ2v) is 7.75. The molecule has 1 saturated heterocycles. The molecule has 4 rings (SSSR count). The summed E-state index contributed by atoms with van der Waals surface area (Å²) in [6.45, 7) is -1.31. The van der Waals surface area contributed by atoms with Crippen molar-refractivity contribution in [2.45, 2.75) is 30.7 Å². The van der Waals surface area contributed by atoms with Gasteiger partial charge < -0.3 is 20.6 Å². The quantitative estimate of drug-likeness (QED) is 0.598. The molecule has 0 saturated carbocycles. The van der Waals surface area contributed by atoms with Gasteiger partial charge in [0.2, 0.25) is 5.91 Å². The lowest BCUT2D eigenvalue weighted by Gasteiger charge is -2.25. The van der Waals surface area contributed by atoms with Gasteiger partial charge in [0.25, 0.3) is 0 Å². The van der Waals surface area contributed by atoms with Crippen molar-refractivity contribution in [1.29, 1.82) is 0 Å². The summed E-state index contributed by atoms with van der Waals surface area (Å²) in [5.74, 6) is -1.69. The molecule has 0 aromatic carbocycles. The number of carbonyl (C=O) groups is 1. The van der Waals surface area contributed by atoms with Gasteiger partial charge in [0, 0.05) is 31.3 Å². The maximum Gasteiger partial charge on any atom is 0.405 e. The Labute approximate surface area is 178 Å². The number of amides is 1. The van der Waals surface area contributed by atoms with Crippen LogP contribution in [-0.4, -0.2) is 63.9 Å². The van der Waals surface area contributed by atoms with E-state index in [9.17, 15) is 27.5 Å². The topological polar surface area (TPSA) is 103 Å². The normalized spacial score (nSPS) is 22.9. The molecule has 31 heavy (non-hydrogen) atoms. The first kappa shape index (κ1) is 21.5. The molecule has 0 bridgehead atoms. The van der Waals surface area contributed by atoms with Crippen LogP contribution in [0, 0.1) is 5.82 Å². The Bertz CT molecular complexity index is 1010. The minimum Gasteiger partial charge on any atom is -0.391 e. The van der Waals surface area contributed by atoms with E-state index in [-0.39, 0.29) is 24.6 Å².